The lowest BCUT2D eigenvalue weighted by Gasteiger charge is -2.21. The Kier molecular flexibility index (Phi) is 8.68. The summed E-state index contributed by atoms with van der Waals surface area (Å²) in [5.41, 5.74) is 0.911. The predicted molar refractivity (Wildman–Crippen MR) is 128 cm³/mol. The predicted octanol–water partition coefficient (Wildman–Crippen LogP) is 3.87. The molecule has 0 aliphatic rings. The number of amides is 1. The zero-order valence-corrected chi connectivity index (χ0v) is 19.6. The van der Waals surface area contributed by atoms with Crippen molar-refractivity contribution in [2.45, 2.75) is 18.6 Å². The lowest BCUT2D eigenvalue weighted by Crippen LogP contribution is -2.37. The van der Waals surface area contributed by atoms with Crippen molar-refractivity contribution in [3.05, 3.63) is 77.1 Å². The van der Waals surface area contributed by atoms with E-state index < -0.39 is 22.6 Å². The zero-order valence-electron chi connectivity index (χ0n) is 18.8. The van der Waals surface area contributed by atoms with Gasteiger partial charge in [0.2, 0.25) is 5.91 Å². The second kappa shape index (κ2) is 11.9. The van der Waals surface area contributed by atoms with Gasteiger partial charge in [-0.15, -0.1) is 16.8 Å². The number of hydrogen-bond acceptors (Lipinski definition) is 8. The molecule has 0 radical (unpaired) electrons. The number of halogens is 1. The van der Waals surface area contributed by atoms with Crippen LogP contribution in [0.25, 0.3) is 11.4 Å². The molecule has 0 N–H and O–H groups in total. The Morgan fingerprint density at radius 2 is 1.89 bits per heavy atom. The van der Waals surface area contributed by atoms with E-state index in [9.17, 15) is 24.1 Å². The number of anilines is 1. The molecule has 0 aliphatic carbocycles. The van der Waals surface area contributed by atoms with Crippen LogP contribution < -0.4 is 4.90 Å². The molecule has 3 rings (SSSR count). The molecule has 182 valence electrons. The number of nitrogens with zero attached hydrogens (tertiary/aromatic N) is 5. The van der Waals surface area contributed by atoms with E-state index in [1.165, 1.54) is 41.3 Å². The number of carbonyl (C=O) groups excluding carboxylic acids is 2. The fraction of sp³-hybridized carbons (Fsp3) is 0.217. The maximum Gasteiger partial charge on any atom is 0.326 e. The first kappa shape index (κ1) is 25.6. The van der Waals surface area contributed by atoms with Crippen molar-refractivity contribution in [2.24, 2.45) is 0 Å². The van der Waals surface area contributed by atoms with Gasteiger partial charge in [0.05, 0.1) is 17.3 Å². The van der Waals surface area contributed by atoms with Crippen LogP contribution in [0.2, 0.25) is 0 Å². The minimum absolute atomic E-state index is 0.0498. The van der Waals surface area contributed by atoms with Crippen molar-refractivity contribution < 1.29 is 23.6 Å². The first-order valence-electron chi connectivity index (χ1n) is 10.5. The number of rotatable bonds is 11. The highest BCUT2D eigenvalue weighted by Crippen LogP contribution is 2.26. The van der Waals surface area contributed by atoms with Gasteiger partial charge in [-0.05, 0) is 43.3 Å². The molecule has 10 nitrogen and oxygen atoms in total. The van der Waals surface area contributed by atoms with Crippen LogP contribution in [-0.2, 0) is 20.9 Å². The Morgan fingerprint density at radius 3 is 2.49 bits per heavy atom. The van der Waals surface area contributed by atoms with Crippen LogP contribution in [0.15, 0.2) is 66.3 Å². The van der Waals surface area contributed by atoms with Crippen LogP contribution in [0.4, 0.5) is 15.8 Å². The highest BCUT2D eigenvalue weighted by atomic mass is 32.2. The van der Waals surface area contributed by atoms with E-state index in [-0.39, 0.29) is 24.6 Å². The van der Waals surface area contributed by atoms with Crippen molar-refractivity contribution in [1.29, 1.82) is 0 Å². The minimum Gasteiger partial charge on any atom is -0.465 e. The molecule has 1 amide bonds. The van der Waals surface area contributed by atoms with Crippen LogP contribution in [0.1, 0.15) is 6.92 Å². The fourth-order valence-electron chi connectivity index (χ4n) is 3.12. The molecule has 0 fully saturated rings. The van der Waals surface area contributed by atoms with Crippen LogP contribution in [0, 0.1) is 15.9 Å². The van der Waals surface area contributed by atoms with Crippen LogP contribution >= 0.6 is 11.8 Å². The van der Waals surface area contributed by atoms with Crippen LogP contribution in [0.3, 0.4) is 0 Å². The summed E-state index contributed by atoms with van der Waals surface area (Å²) in [5.74, 6) is -1.11. The molecule has 2 aromatic carbocycles. The number of non-ortho nitro benzene ring substituents is 1. The van der Waals surface area contributed by atoms with E-state index in [1.54, 1.807) is 29.7 Å². The third-order valence-corrected chi connectivity index (χ3v) is 5.67. The number of nitro groups is 1. The van der Waals surface area contributed by atoms with Crippen molar-refractivity contribution in [3.8, 4) is 11.4 Å². The second-order valence-electron chi connectivity index (χ2n) is 7.06. The van der Waals surface area contributed by atoms with E-state index in [4.69, 9.17) is 4.74 Å². The van der Waals surface area contributed by atoms with E-state index in [0.717, 1.165) is 11.8 Å². The van der Waals surface area contributed by atoms with Gasteiger partial charge in [0.15, 0.2) is 11.0 Å². The molecule has 1 aromatic heterocycles. The number of carbonyl (C=O) groups is 2. The molecule has 12 heteroatoms. The van der Waals surface area contributed by atoms with E-state index in [1.807, 2.05) is 0 Å². The van der Waals surface area contributed by atoms with Gasteiger partial charge in [-0.3, -0.25) is 24.3 Å². The molecule has 35 heavy (non-hydrogen) atoms. The quantitative estimate of drug-likeness (QED) is 0.128. The van der Waals surface area contributed by atoms with Gasteiger partial charge in [-0.25, -0.2) is 4.39 Å². The van der Waals surface area contributed by atoms with Gasteiger partial charge < -0.3 is 9.64 Å². The highest BCUT2D eigenvalue weighted by Gasteiger charge is 2.22. The Bertz CT molecular complexity index is 1210. The average molecular weight is 500 g/mol. The normalized spacial score (nSPS) is 10.6. The molecule has 0 aliphatic heterocycles. The molecule has 0 bridgehead atoms. The Hall–Kier alpha value is -4.06. The molecule has 0 unspecified atom stereocenters. The molecule has 0 atom stereocenters. The first-order valence-corrected chi connectivity index (χ1v) is 11.5. The number of hydrogen-bond donors (Lipinski definition) is 0. The molecule has 0 saturated carbocycles. The van der Waals surface area contributed by atoms with E-state index in [0.29, 0.717) is 28.8 Å². The monoisotopic (exact) mass is 499 g/mol. The van der Waals surface area contributed by atoms with Gasteiger partial charge in [-0.1, -0.05) is 17.8 Å². The number of nitro benzene ring substituents is 1. The number of esters is 1. The first-order chi connectivity index (χ1) is 16.8. The lowest BCUT2D eigenvalue weighted by atomic mass is 10.2. The third-order valence-electron chi connectivity index (χ3n) is 4.72. The van der Waals surface area contributed by atoms with Crippen LogP contribution in [-0.4, -0.2) is 50.5 Å². The number of aromatic nitrogens is 3. The summed E-state index contributed by atoms with van der Waals surface area (Å²) in [6.07, 6.45) is 1.63. The fourth-order valence-corrected chi connectivity index (χ4v) is 3.94. The average Bonchev–Trinajstić information content (AvgIpc) is 3.24. The summed E-state index contributed by atoms with van der Waals surface area (Å²) in [4.78, 5) is 36.8. The van der Waals surface area contributed by atoms with Gasteiger partial charge in [0.1, 0.15) is 12.4 Å². The maximum atomic E-state index is 13.4. The van der Waals surface area contributed by atoms with Crippen molar-refractivity contribution in [2.75, 3.05) is 23.8 Å². The number of thioether (sulfide) groups is 1. The summed E-state index contributed by atoms with van der Waals surface area (Å²) >= 11 is 1.10. The van der Waals surface area contributed by atoms with E-state index in [2.05, 4.69) is 16.8 Å². The summed E-state index contributed by atoms with van der Waals surface area (Å²) in [6, 6.07) is 11.1. The third kappa shape index (κ3) is 6.51. The summed E-state index contributed by atoms with van der Waals surface area (Å²) in [5, 5.41) is 19.7. The van der Waals surface area contributed by atoms with Crippen LogP contribution in [0.5, 0.6) is 0 Å². The van der Waals surface area contributed by atoms with E-state index >= 15 is 0 Å². The largest absolute Gasteiger partial charge is 0.465 e. The Morgan fingerprint density at radius 1 is 1.20 bits per heavy atom. The minimum atomic E-state index is -0.592. The molecular formula is C23H22FN5O5S. The van der Waals surface area contributed by atoms with Gasteiger partial charge in [0.25, 0.3) is 5.69 Å². The lowest BCUT2D eigenvalue weighted by molar-refractivity contribution is -0.384. The molecule has 0 spiro atoms. The van der Waals surface area contributed by atoms with Gasteiger partial charge in [0, 0.05) is 29.9 Å². The summed E-state index contributed by atoms with van der Waals surface area (Å²) in [6.45, 7) is 5.56. The SMILES string of the molecule is C=CCn1c(SCC(=O)N(CC(=O)OCC)c2ccc(F)cc2)nnc1-c1ccc([N+](=O)[O-])cc1. The number of allylic oxidation sites excluding steroid dienone is 1. The molecule has 3 aromatic rings. The molecular weight excluding hydrogens is 477 g/mol. The standard InChI is InChI=1S/C23H22FN5O5S/c1-3-13-27-22(16-5-9-19(10-6-16)29(32)33)25-26-23(27)35-15-20(30)28(14-21(31)34-4-2)18-11-7-17(24)8-12-18/h3,5-12H,1,4,13-15H2,2H3. The van der Waals surface area contributed by atoms with Crippen molar-refractivity contribution in [1.82, 2.24) is 14.8 Å². The topological polar surface area (TPSA) is 120 Å². The number of benzene rings is 2. The summed E-state index contributed by atoms with van der Waals surface area (Å²) < 4.78 is 20.1. The van der Waals surface area contributed by atoms with Gasteiger partial charge in [-0.2, -0.15) is 0 Å². The highest BCUT2D eigenvalue weighted by molar-refractivity contribution is 7.99. The Labute approximate surface area is 204 Å². The summed E-state index contributed by atoms with van der Waals surface area (Å²) in [7, 11) is 0. The maximum absolute atomic E-state index is 13.4. The molecule has 1 heterocycles. The van der Waals surface area contributed by atoms with Gasteiger partial charge >= 0.3 is 5.97 Å². The number of ether oxygens (including phenoxy) is 1. The van der Waals surface area contributed by atoms with Crippen molar-refractivity contribution >= 4 is 35.0 Å². The Balaban J connectivity index is 1.81. The van der Waals surface area contributed by atoms with Crippen molar-refractivity contribution in [3.63, 3.8) is 0 Å². The smallest absolute Gasteiger partial charge is 0.326 e. The molecule has 0 saturated heterocycles. The zero-order chi connectivity index (χ0) is 25.4. The second-order valence-corrected chi connectivity index (χ2v) is 8.00.